The van der Waals surface area contributed by atoms with Crippen LogP contribution in [0.25, 0.3) is 0 Å². The van der Waals surface area contributed by atoms with Crippen LogP contribution in [-0.4, -0.2) is 23.8 Å². The van der Waals surface area contributed by atoms with Gasteiger partial charge in [0.1, 0.15) is 5.00 Å². The van der Waals surface area contributed by atoms with E-state index in [1.54, 1.807) is 0 Å². The van der Waals surface area contributed by atoms with Crippen molar-refractivity contribution < 1.29 is 19.4 Å². The van der Waals surface area contributed by atoms with E-state index in [1.165, 1.54) is 49.9 Å². The molecule has 0 fully saturated rings. The molecular formula is C22H37NO4S. The summed E-state index contributed by atoms with van der Waals surface area (Å²) in [6, 6.07) is 0. The summed E-state index contributed by atoms with van der Waals surface area (Å²) in [5.41, 5.74) is 0.962. The number of hydrogen-bond acceptors (Lipinski definition) is 4. The Morgan fingerprint density at radius 3 is 2.11 bits per heavy atom. The zero-order valence-electron chi connectivity index (χ0n) is 17.8. The third-order valence-electron chi connectivity index (χ3n) is 4.91. The molecule has 0 aliphatic rings. The monoisotopic (exact) mass is 411 g/mol. The van der Waals surface area contributed by atoms with Gasteiger partial charge in [0.15, 0.2) is 0 Å². The van der Waals surface area contributed by atoms with Crippen LogP contribution < -0.4 is 5.32 Å². The highest BCUT2D eigenvalue weighted by atomic mass is 32.1. The van der Waals surface area contributed by atoms with Crippen molar-refractivity contribution in [3.63, 3.8) is 0 Å². The molecule has 2 N–H and O–H groups in total. The Morgan fingerprint density at radius 1 is 0.929 bits per heavy atom. The molecule has 0 saturated carbocycles. The molecule has 0 saturated heterocycles. The number of carbonyl (C=O) groups excluding carboxylic acids is 1. The van der Waals surface area contributed by atoms with Crippen molar-refractivity contribution in [3.8, 4) is 0 Å². The first-order chi connectivity index (χ1) is 13.5. The van der Waals surface area contributed by atoms with Gasteiger partial charge in [-0.25, -0.2) is 9.59 Å². The van der Waals surface area contributed by atoms with E-state index in [0.717, 1.165) is 49.0 Å². The second kappa shape index (κ2) is 14.4. The van der Waals surface area contributed by atoms with Gasteiger partial charge in [-0.15, -0.1) is 11.3 Å². The third-order valence-corrected chi connectivity index (χ3v) is 6.18. The lowest BCUT2D eigenvalue weighted by Gasteiger charge is -2.06. The summed E-state index contributed by atoms with van der Waals surface area (Å²) in [5, 5.41) is 12.6. The molecule has 6 heteroatoms. The van der Waals surface area contributed by atoms with Gasteiger partial charge in [0.2, 0.25) is 0 Å². The molecule has 0 aromatic carbocycles. The van der Waals surface area contributed by atoms with E-state index in [2.05, 4.69) is 19.2 Å². The standard InChI is InChI=1S/C22H37NO4S/c1-4-6-8-10-12-14-16-27-22(26)23-20-19(21(24)25)17(3)18(28-20)15-13-11-9-7-5-2/h4-16H2,1-3H3,(H,23,26)(H,24,25). The number of thiophene rings is 1. The van der Waals surface area contributed by atoms with Gasteiger partial charge < -0.3 is 9.84 Å². The average Bonchev–Trinajstić information content (AvgIpc) is 2.96. The molecule has 1 aromatic heterocycles. The van der Waals surface area contributed by atoms with Gasteiger partial charge >= 0.3 is 12.1 Å². The van der Waals surface area contributed by atoms with Gasteiger partial charge in [-0.05, 0) is 31.7 Å². The summed E-state index contributed by atoms with van der Waals surface area (Å²) in [4.78, 5) is 24.8. The summed E-state index contributed by atoms with van der Waals surface area (Å²) >= 11 is 1.37. The minimum Gasteiger partial charge on any atom is -0.478 e. The van der Waals surface area contributed by atoms with Crippen LogP contribution in [0.2, 0.25) is 0 Å². The van der Waals surface area contributed by atoms with Crippen molar-refractivity contribution >= 4 is 28.4 Å². The Kier molecular flexibility index (Phi) is 12.6. The number of carbonyl (C=O) groups is 2. The van der Waals surface area contributed by atoms with E-state index in [0.29, 0.717) is 11.6 Å². The van der Waals surface area contributed by atoms with E-state index < -0.39 is 12.1 Å². The maximum atomic E-state index is 12.1. The predicted octanol–water partition coefficient (Wildman–Crippen LogP) is 7.18. The van der Waals surface area contributed by atoms with E-state index in [9.17, 15) is 14.7 Å². The Hall–Kier alpha value is -1.56. The van der Waals surface area contributed by atoms with Crippen LogP contribution in [0.4, 0.5) is 9.80 Å². The van der Waals surface area contributed by atoms with Crippen LogP contribution in [-0.2, 0) is 11.2 Å². The summed E-state index contributed by atoms with van der Waals surface area (Å²) in [6.07, 6.45) is 12.9. The summed E-state index contributed by atoms with van der Waals surface area (Å²) < 4.78 is 5.23. The number of carboxylic acids is 1. The molecule has 1 aromatic rings. The summed E-state index contributed by atoms with van der Waals surface area (Å²) in [5.74, 6) is -1.00. The Balaban J connectivity index is 2.50. The molecule has 160 valence electrons. The van der Waals surface area contributed by atoms with Gasteiger partial charge in [-0.3, -0.25) is 5.32 Å². The minimum atomic E-state index is -1.00. The zero-order chi connectivity index (χ0) is 20.8. The highest BCUT2D eigenvalue weighted by Gasteiger charge is 2.22. The minimum absolute atomic E-state index is 0.199. The SMILES string of the molecule is CCCCCCCCOC(=O)Nc1sc(CCCCCCC)c(C)c1C(=O)O. The maximum absolute atomic E-state index is 12.1. The topological polar surface area (TPSA) is 75.6 Å². The molecule has 1 rings (SSSR count). The van der Waals surface area contributed by atoms with Crippen molar-refractivity contribution in [1.82, 2.24) is 0 Å². The van der Waals surface area contributed by atoms with Crippen LogP contribution in [0.3, 0.4) is 0 Å². The lowest BCUT2D eigenvalue weighted by Crippen LogP contribution is -2.15. The number of aromatic carboxylic acids is 1. The fourth-order valence-corrected chi connectivity index (χ4v) is 4.43. The largest absolute Gasteiger partial charge is 0.478 e. The average molecular weight is 412 g/mol. The van der Waals surface area contributed by atoms with Crippen LogP contribution in [0, 0.1) is 6.92 Å². The van der Waals surface area contributed by atoms with E-state index in [1.807, 2.05) is 6.92 Å². The van der Waals surface area contributed by atoms with Crippen LogP contribution in [0.5, 0.6) is 0 Å². The first-order valence-electron chi connectivity index (χ1n) is 10.8. The third kappa shape index (κ3) is 9.09. The Labute approximate surface area is 173 Å². The Morgan fingerprint density at radius 2 is 1.50 bits per heavy atom. The van der Waals surface area contributed by atoms with Crippen molar-refractivity contribution in [2.45, 2.75) is 97.8 Å². The van der Waals surface area contributed by atoms with Gasteiger partial charge in [-0.2, -0.15) is 0 Å². The van der Waals surface area contributed by atoms with Crippen LogP contribution in [0.15, 0.2) is 0 Å². The lowest BCUT2D eigenvalue weighted by molar-refractivity contribution is 0.0697. The number of nitrogens with one attached hydrogen (secondary N) is 1. The second-order valence-electron chi connectivity index (χ2n) is 7.35. The number of hydrogen-bond donors (Lipinski definition) is 2. The number of amides is 1. The fourth-order valence-electron chi connectivity index (χ4n) is 3.21. The van der Waals surface area contributed by atoms with Crippen molar-refractivity contribution in [1.29, 1.82) is 0 Å². The normalized spacial score (nSPS) is 10.8. The molecule has 1 amide bonds. The first-order valence-corrected chi connectivity index (χ1v) is 11.6. The number of unbranched alkanes of at least 4 members (excludes halogenated alkanes) is 9. The lowest BCUT2D eigenvalue weighted by atomic mass is 10.1. The molecular weight excluding hydrogens is 374 g/mol. The molecule has 1 heterocycles. The van der Waals surface area contributed by atoms with E-state index in [-0.39, 0.29) is 5.56 Å². The predicted molar refractivity (Wildman–Crippen MR) is 117 cm³/mol. The molecule has 28 heavy (non-hydrogen) atoms. The quantitative estimate of drug-likeness (QED) is 0.300. The number of carboxylic acid groups (broad SMARTS) is 1. The first kappa shape index (κ1) is 24.5. The van der Waals surface area contributed by atoms with Crippen molar-refractivity contribution in [3.05, 3.63) is 16.0 Å². The fraction of sp³-hybridized carbons (Fsp3) is 0.727. The number of rotatable bonds is 15. The van der Waals surface area contributed by atoms with Gasteiger partial charge in [0, 0.05) is 4.88 Å². The van der Waals surface area contributed by atoms with Gasteiger partial charge in [-0.1, -0.05) is 71.6 Å². The molecule has 5 nitrogen and oxygen atoms in total. The molecule has 0 aliphatic heterocycles. The highest BCUT2D eigenvalue weighted by molar-refractivity contribution is 7.16. The van der Waals surface area contributed by atoms with E-state index >= 15 is 0 Å². The summed E-state index contributed by atoms with van der Waals surface area (Å²) in [6.45, 7) is 6.57. The number of anilines is 1. The highest BCUT2D eigenvalue weighted by Crippen LogP contribution is 2.34. The van der Waals surface area contributed by atoms with Crippen LogP contribution in [0.1, 0.15) is 105 Å². The second-order valence-corrected chi connectivity index (χ2v) is 8.46. The zero-order valence-corrected chi connectivity index (χ0v) is 18.6. The van der Waals surface area contributed by atoms with E-state index in [4.69, 9.17) is 4.74 Å². The molecule has 0 radical (unpaired) electrons. The maximum Gasteiger partial charge on any atom is 0.412 e. The number of aryl methyl sites for hydroxylation is 1. The van der Waals surface area contributed by atoms with Gasteiger partial charge in [0.25, 0.3) is 0 Å². The molecule has 0 bridgehead atoms. The summed E-state index contributed by atoms with van der Waals surface area (Å²) in [7, 11) is 0. The smallest absolute Gasteiger partial charge is 0.412 e. The molecule has 0 spiro atoms. The van der Waals surface area contributed by atoms with Crippen LogP contribution >= 0.6 is 11.3 Å². The van der Waals surface area contributed by atoms with Gasteiger partial charge in [0.05, 0.1) is 12.2 Å². The molecule has 0 atom stereocenters. The molecule has 0 aliphatic carbocycles. The molecule has 0 unspecified atom stereocenters. The number of ether oxygens (including phenoxy) is 1. The Bertz CT molecular complexity index is 598. The van der Waals surface area contributed by atoms with Crippen molar-refractivity contribution in [2.24, 2.45) is 0 Å². The van der Waals surface area contributed by atoms with Crippen molar-refractivity contribution in [2.75, 3.05) is 11.9 Å².